The van der Waals surface area contributed by atoms with E-state index < -0.39 is 19.9 Å². The number of rotatable bonds is 4. The minimum absolute atomic E-state index is 0.0210. The zero-order valence-electron chi connectivity index (χ0n) is 12.7. The van der Waals surface area contributed by atoms with Gasteiger partial charge in [-0.25, -0.2) is 16.8 Å². The standard InChI is InChI=1S/C13H17N3O4S2/c1-9-13(10(2)16(3)14-9)22(19,20)15-11-7-5-6-8-12(11)21(4,17)18/h5-8,15H,1-4H3. The third-order valence-electron chi connectivity index (χ3n) is 3.24. The van der Waals surface area contributed by atoms with Gasteiger partial charge in [0.25, 0.3) is 10.0 Å². The molecule has 2 aromatic rings. The molecular weight excluding hydrogens is 326 g/mol. The van der Waals surface area contributed by atoms with Crippen molar-refractivity contribution in [3.63, 3.8) is 0 Å². The quantitative estimate of drug-likeness (QED) is 0.900. The highest BCUT2D eigenvalue weighted by Crippen LogP contribution is 2.26. The topological polar surface area (TPSA) is 98.1 Å². The first-order valence-corrected chi connectivity index (χ1v) is 9.73. The van der Waals surface area contributed by atoms with Crippen molar-refractivity contribution in [2.45, 2.75) is 23.6 Å². The van der Waals surface area contributed by atoms with Crippen molar-refractivity contribution in [3.05, 3.63) is 35.7 Å². The molecule has 1 heterocycles. The summed E-state index contributed by atoms with van der Waals surface area (Å²) in [5.74, 6) is 0. The Bertz CT molecular complexity index is 928. The Morgan fingerprint density at radius 2 is 1.68 bits per heavy atom. The average molecular weight is 343 g/mol. The number of anilines is 1. The first kappa shape index (κ1) is 16.5. The van der Waals surface area contributed by atoms with E-state index in [4.69, 9.17) is 0 Å². The molecule has 0 fully saturated rings. The van der Waals surface area contributed by atoms with E-state index in [-0.39, 0.29) is 15.5 Å². The highest BCUT2D eigenvalue weighted by molar-refractivity contribution is 7.93. The minimum Gasteiger partial charge on any atom is -0.278 e. The first-order chi connectivity index (χ1) is 10.0. The lowest BCUT2D eigenvalue weighted by atomic mass is 10.3. The van der Waals surface area contributed by atoms with E-state index in [0.717, 1.165) is 6.26 Å². The van der Waals surface area contributed by atoms with Crippen LogP contribution in [0, 0.1) is 13.8 Å². The third-order valence-corrected chi connectivity index (χ3v) is 6.01. The molecule has 7 nitrogen and oxygen atoms in total. The van der Waals surface area contributed by atoms with Gasteiger partial charge < -0.3 is 0 Å². The second-order valence-electron chi connectivity index (χ2n) is 5.00. The molecule has 0 spiro atoms. The van der Waals surface area contributed by atoms with E-state index in [1.807, 2.05) is 0 Å². The number of para-hydroxylation sites is 1. The number of nitrogens with zero attached hydrogens (tertiary/aromatic N) is 2. The Labute approximate surface area is 129 Å². The zero-order valence-corrected chi connectivity index (χ0v) is 14.3. The average Bonchev–Trinajstić information content (AvgIpc) is 2.62. The van der Waals surface area contributed by atoms with Crippen molar-refractivity contribution in [2.24, 2.45) is 7.05 Å². The van der Waals surface area contributed by atoms with E-state index in [1.165, 1.54) is 22.9 Å². The summed E-state index contributed by atoms with van der Waals surface area (Å²) in [6.07, 6.45) is 1.03. The van der Waals surface area contributed by atoms with Crippen LogP contribution in [0.2, 0.25) is 0 Å². The number of benzene rings is 1. The Morgan fingerprint density at radius 1 is 1.09 bits per heavy atom. The molecule has 1 aromatic heterocycles. The van der Waals surface area contributed by atoms with Gasteiger partial charge in [0.15, 0.2) is 9.84 Å². The summed E-state index contributed by atoms with van der Waals surface area (Å²) in [5.41, 5.74) is 0.846. The fraction of sp³-hybridized carbons (Fsp3) is 0.308. The van der Waals surface area contributed by atoms with Crippen LogP contribution in [0.5, 0.6) is 0 Å². The predicted octanol–water partition coefficient (Wildman–Crippen LogP) is 1.24. The number of aromatic nitrogens is 2. The molecule has 120 valence electrons. The molecule has 0 unspecified atom stereocenters. The van der Waals surface area contributed by atoms with Crippen molar-refractivity contribution < 1.29 is 16.8 Å². The Hall–Kier alpha value is -1.87. The molecular formula is C13H17N3O4S2. The lowest BCUT2D eigenvalue weighted by molar-refractivity contribution is 0.599. The van der Waals surface area contributed by atoms with E-state index in [1.54, 1.807) is 27.0 Å². The Kier molecular flexibility index (Phi) is 4.05. The van der Waals surface area contributed by atoms with E-state index >= 15 is 0 Å². The molecule has 0 saturated heterocycles. The molecule has 9 heteroatoms. The fourth-order valence-electron chi connectivity index (χ4n) is 2.21. The minimum atomic E-state index is -3.93. The molecule has 0 aliphatic carbocycles. The second-order valence-corrected chi connectivity index (χ2v) is 8.60. The fourth-order valence-corrected chi connectivity index (χ4v) is 4.64. The van der Waals surface area contributed by atoms with Gasteiger partial charge in [0, 0.05) is 13.3 Å². The number of nitrogens with one attached hydrogen (secondary N) is 1. The lowest BCUT2D eigenvalue weighted by Crippen LogP contribution is -2.16. The molecule has 1 N–H and O–H groups in total. The highest BCUT2D eigenvalue weighted by atomic mass is 32.2. The molecule has 0 aliphatic heterocycles. The summed E-state index contributed by atoms with van der Waals surface area (Å²) in [5, 5.41) is 4.07. The maximum atomic E-state index is 12.6. The zero-order chi connectivity index (χ0) is 16.7. The lowest BCUT2D eigenvalue weighted by Gasteiger charge is -2.11. The van der Waals surface area contributed by atoms with Crippen LogP contribution in [-0.2, 0) is 26.9 Å². The van der Waals surface area contributed by atoms with Gasteiger partial charge in [-0.1, -0.05) is 12.1 Å². The van der Waals surface area contributed by atoms with E-state index in [9.17, 15) is 16.8 Å². The number of hydrogen-bond acceptors (Lipinski definition) is 5. The van der Waals surface area contributed by atoms with Gasteiger partial charge in [0.1, 0.15) is 4.90 Å². The molecule has 0 bridgehead atoms. The van der Waals surface area contributed by atoms with Gasteiger partial charge >= 0.3 is 0 Å². The van der Waals surface area contributed by atoms with Crippen LogP contribution >= 0.6 is 0 Å². The molecule has 0 atom stereocenters. The van der Waals surface area contributed by atoms with Gasteiger partial charge in [-0.2, -0.15) is 5.10 Å². The van der Waals surface area contributed by atoms with Crippen molar-refractivity contribution in [1.82, 2.24) is 9.78 Å². The summed E-state index contributed by atoms with van der Waals surface area (Å²) >= 11 is 0. The van der Waals surface area contributed by atoms with Crippen molar-refractivity contribution in [2.75, 3.05) is 11.0 Å². The van der Waals surface area contributed by atoms with Crippen molar-refractivity contribution in [1.29, 1.82) is 0 Å². The monoisotopic (exact) mass is 343 g/mol. The molecule has 0 aliphatic rings. The highest BCUT2D eigenvalue weighted by Gasteiger charge is 2.25. The SMILES string of the molecule is Cc1nn(C)c(C)c1S(=O)(=O)Nc1ccccc1S(C)(=O)=O. The van der Waals surface area contributed by atoms with Crippen LogP contribution in [0.15, 0.2) is 34.1 Å². The van der Waals surface area contributed by atoms with Crippen LogP contribution in [-0.4, -0.2) is 32.9 Å². The third kappa shape index (κ3) is 3.00. The maximum Gasteiger partial charge on any atom is 0.265 e. The summed E-state index contributed by atoms with van der Waals surface area (Å²) < 4.78 is 52.5. The number of hydrogen-bond donors (Lipinski definition) is 1. The van der Waals surface area contributed by atoms with Crippen LogP contribution in [0.1, 0.15) is 11.4 Å². The smallest absolute Gasteiger partial charge is 0.265 e. The Balaban J connectivity index is 2.56. The summed E-state index contributed by atoms with van der Waals surface area (Å²) in [4.78, 5) is -0.0175. The summed E-state index contributed by atoms with van der Waals surface area (Å²) in [6, 6.07) is 5.87. The van der Waals surface area contributed by atoms with Gasteiger partial charge in [-0.05, 0) is 26.0 Å². The summed E-state index contributed by atoms with van der Waals surface area (Å²) in [7, 11) is -5.84. The molecule has 22 heavy (non-hydrogen) atoms. The number of aryl methyl sites for hydroxylation is 2. The van der Waals surface area contributed by atoms with Crippen LogP contribution < -0.4 is 4.72 Å². The van der Waals surface area contributed by atoms with Crippen LogP contribution in [0.25, 0.3) is 0 Å². The van der Waals surface area contributed by atoms with Gasteiger partial charge in [0.05, 0.1) is 22.0 Å². The van der Waals surface area contributed by atoms with Gasteiger partial charge in [0.2, 0.25) is 0 Å². The van der Waals surface area contributed by atoms with Crippen LogP contribution in [0.3, 0.4) is 0 Å². The second kappa shape index (κ2) is 5.40. The predicted molar refractivity (Wildman–Crippen MR) is 83.0 cm³/mol. The van der Waals surface area contributed by atoms with Gasteiger partial charge in [-0.3, -0.25) is 9.40 Å². The van der Waals surface area contributed by atoms with Crippen molar-refractivity contribution >= 4 is 25.5 Å². The molecule has 0 radical (unpaired) electrons. The van der Waals surface area contributed by atoms with Crippen LogP contribution in [0.4, 0.5) is 5.69 Å². The normalized spacial score (nSPS) is 12.4. The number of sulfonamides is 1. The molecule has 2 rings (SSSR count). The first-order valence-electron chi connectivity index (χ1n) is 6.36. The van der Waals surface area contributed by atoms with Crippen molar-refractivity contribution in [3.8, 4) is 0 Å². The molecule has 0 amide bonds. The maximum absolute atomic E-state index is 12.6. The van der Waals surface area contributed by atoms with E-state index in [0.29, 0.717) is 11.4 Å². The van der Waals surface area contributed by atoms with Gasteiger partial charge in [-0.15, -0.1) is 0 Å². The summed E-state index contributed by atoms with van der Waals surface area (Å²) in [6.45, 7) is 3.22. The molecule has 0 saturated carbocycles. The Morgan fingerprint density at radius 3 is 2.18 bits per heavy atom. The largest absolute Gasteiger partial charge is 0.278 e. The molecule has 1 aromatic carbocycles. The van der Waals surface area contributed by atoms with E-state index in [2.05, 4.69) is 9.82 Å². The number of sulfone groups is 1.